The fourth-order valence-corrected chi connectivity index (χ4v) is 2.41. The third kappa shape index (κ3) is 5.24. The van der Waals surface area contributed by atoms with Crippen LogP contribution in [0.4, 0.5) is 0 Å². The van der Waals surface area contributed by atoms with E-state index >= 15 is 0 Å². The molecule has 0 bridgehead atoms. The zero-order chi connectivity index (χ0) is 19.1. The molecule has 0 aliphatic carbocycles. The Morgan fingerprint density at radius 2 is 1.96 bits per heavy atom. The number of hydrogen-bond donors (Lipinski definition) is 3. The van der Waals surface area contributed by atoms with E-state index in [0.29, 0.717) is 22.8 Å². The molecule has 1 amide bonds. The number of amides is 1. The summed E-state index contributed by atoms with van der Waals surface area (Å²) in [7, 11) is 0. The largest absolute Gasteiger partial charge is 0.508 e. The highest BCUT2D eigenvalue weighted by molar-refractivity contribution is 5.87. The van der Waals surface area contributed by atoms with Crippen LogP contribution in [0.2, 0.25) is 0 Å². The number of aromatic hydroxyl groups is 2. The van der Waals surface area contributed by atoms with Gasteiger partial charge in [0.1, 0.15) is 17.2 Å². The molecule has 2 aromatic carbocycles. The molecule has 0 saturated carbocycles. The van der Waals surface area contributed by atoms with Crippen LogP contribution in [0, 0.1) is 6.92 Å². The fourth-order valence-electron chi connectivity index (χ4n) is 2.41. The van der Waals surface area contributed by atoms with E-state index in [0.717, 1.165) is 6.42 Å². The predicted molar refractivity (Wildman–Crippen MR) is 101 cm³/mol. The van der Waals surface area contributed by atoms with Crippen molar-refractivity contribution in [1.29, 1.82) is 0 Å². The number of hydrazone groups is 1. The third-order valence-electron chi connectivity index (χ3n) is 4.16. The predicted octanol–water partition coefficient (Wildman–Crippen LogP) is 3.45. The number of nitrogens with zero attached hydrogens (tertiary/aromatic N) is 1. The summed E-state index contributed by atoms with van der Waals surface area (Å²) < 4.78 is 5.43. The highest BCUT2D eigenvalue weighted by Gasteiger charge is 2.06. The smallest absolute Gasteiger partial charge is 0.277 e. The number of carbonyl (C=O) groups excluding carboxylic acids is 1. The summed E-state index contributed by atoms with van der Waals surface area (Å²) in [5, 5.41) is 23.0. The number of rotatable bonds is 7. The molecule has 2 aromatic rings. The molecule has 0 fully saturated rings. The highest BCUT2D eigenvalue weighted by atomic mass is 16.5. The lowest BCUT2D eigenvalue weighted by Gasteiger charge is -2.10. The van der Waals surface area contributed by atoms with Crippen molar-refractivity contribution in [1.82, 2.24) is 5.43 Å². The molecule has 0 aromatic heterocycles. The average molecular weight is 356 g/mol. The van der Waals surface area contributed by atoms with Crippen LogP contribution < -0.4 is 10.2 Å². The number of hydrogen-bond acceptors (Lipinski definition) is 5. The number of phenols is 2. The minimum Gasteiger partial charge on any atom is -0.508 e. The molecular formula is C20H24N2O4. The Morgan fingerprint density at radius 3 is 2.58 bits per heavy atom. The molecule has 0 spiro atoms. The zero-order valence-electron chi connectivity index (χ0n) is 15.2. The molecule has 0 saturated heterocycles. The molecule has 6 heteroatoms. The number of aryl methyl sites for hydroxylation is 1. The molecule has 0 radical (unpaired) electrons. The van der Waals surface area contributed by atoms with Crippen molar-refractivity contribution >= 4 is 12.1 Å². The van der Waals surface area contributed by atoms with Gasteiger partial charge in [0.25, 0.3) is 5.91 Å². The molecule has 138 valence electrons. The van der Waals surface area contributed by atoms with Crippen molar-refractivity contribution in [3.63, 3.8) is 0 Å². The van der Waals surface area contributed by atoms with E-state index in [9.17, 15) is 15.0 Å². The van der Waals surface area contributed by atoms with Crippen molar-refractivity contribution < 1.29 is 19.7 Å². The zero-order valence-corrected chi connectivity index (χ0v) is 15.2. The standard InChI is InChI=1S/C20H24N2O4/c1-4-13(2)15-5-7-17(8-6-15)26-12-20(25)22-21-11-18-14(3)9-16(23)10-19(18)24/h5-11,13,23-24H,4,12H2,1-3H3,(H,22,25)/b21-11+/t13-/m0/s1. The lowest BCUT2D eigenvalue weighted by molar-refractivity contribution is -0.123. The van der Waals surface area contributed by atoms with Crippen LogP contribution in [0.1, 0.15) is 42.9 Å². The van der Waals surface area contributed by atoms with E-state index in [1.165, 1.54) is 23.9 Å². The van der Waals surface area contributed by atoms with Gasteiger partial charge >= 0.3 is 0 Å². The second kappa shape index (κ2) is 8.89. The van der Waals surface area contributed by atoms with Gasteiger partial charge in [-0.2, -0.15) is 5.10 Å². The Hall–Kier alpha value is -3.02. The van der Waals surface area contributed by atoms with Gasteiger partial charge in [-0.1, -0.05) is 26.0 Å². The average Bonchev–Trinajstić information content (AvgIpc) is 2.62. The first kappa shape index (κ1) is 19.3. The first-order chi connectivity index (χ1) is 12.4. The van der Waals surface area contributed by atoms with E-state index in [1.54, 1.807) is 6.92 Å². The third-order valence-corrected chi connectivity index (χ3v) is 4.16. The number of benzene rings is 2. The maximum Gasteiger partial charge on any atom is 0.277 e. The van der Waals surface area contributed by atoms with Crippen molar-refractivity contribution in [2.24, 2.45) is 5.10 Å². The summed E-state index contributed by atoms with van der Waals surface area (Å²) >= 11 is 0. The van der Waals surface area contributed by atoms with Gasteiger partial charge in [-0.05, 0) is 48.6 Å². The van der Waals surface area contributed by atoms with Crippen LogP contribution in [0.15, 0.2) is 41.5 Å². The van der Waals surface area contributed by atoms with Gasteiger partial charge in [-0.25, -0.2) is 5.43 Å². The Kier molecular flexibility index (Phi) is 6.60. The second-order valence-corrected chi connectivity index (χ2v) is 6.16. The number of ether oxygens (including phenoxy) is 1. The second-order valence-electron chi connectivity index (χ2n) is 6.16. The van der Waals surface area contributed by atoms with E-state index in [2.05, 4.69) is 24.4 Å². The van der Waals surface area contributed by atoms with Crippen LogP contribution >= 0.6 is 0 Å². The fraction of sp³-hybridized carbons (Fsp3) is 0.300. The molecule has 0 unspecified atom stereocenters. The number of phenolic OH excluding ortho intramolecular Hbond substituents is 2. The molecule has 0 heterocycles. The van der Waals surface area contributed by atoms with Gasteiger partial charge in [-0.3, -0.25) is 4.79 Å². The summed E-state index contributed by atoms with van der Waals surface area (Å²) in [6, 6.07) is 10.4. The van der Waals surface area contributed by atoms with Crippen molar-refractivity contribution in [2.45, 2.75) is 33.1 Å². The summed E-state index contributed by atoms with van der Waals surface area (Å²) in [6.07, 6.45) is 2.39. The van der Waals surface area contributed by atoms with Gasteiger partial charge in [0, 0.05) is 11.6 Å². The van der Waals surface area contributed by atoms with Gasteiger partial charge in [0.05, 0.1) is 6.21 Å². The van der Waals surface area contributed by atoms with Crippen molar-refractivity contribution in [3.8, 4) is 17.2 Å². The number of nitrogens with one attached hydrogen (secondary N) is 1. The topological polar surface area (TPSA) is 91.2 Å². The highest BCUT2D eigenvalue weighted by Crippen LogP contribution is 2.25. The van der Waals surface area contributed by atoms with E-state index in [-0.39, 0.29) is 18.1 Å². The normalized spacial score (nSPS) is 12.1. The molecule has 6 nitrogen and oxygen atoms in total. The minimum atomic E-state index is -0.414. The van der Waals surface area contributed by atoms with Gasteiger partial charge < -0.3 is 14.9 Å². The van der Waals surface area contributed by atoms with Gasteiger partial charge in [0.15, 0.2) is 6.61 Å². The molecule has 1 atom stereocenters. The molecule has 0 aliphatic rings. The lowest BCUT2D eigenvalue weighted by atomic mass is 9.99. The van der Waals surface area contributed by atoms with Gasteiger partial charge in [-0.15, -0.1) is 0 Å². The molecule has 3 N–H and O–H groups in total. The molecule has 2 rings (SSSR count). The van der Waals surface area contributed by atoms with Crippen LogP contribution in [0.25, 0.3) is 0 Å². The van der Waals surface area contributed by atoms with Crippen LogP contribution in [-0.4, -0.2) is 28.9 Å². The van der Waals surface area contributed by atoms with Crippen LogP contribution in [0.5, 0.6) is 17.2 Å². The van der Waals surface area contributed by atoms with Crippen molar-refractivity contribution in [3.05, 3.63) is 53.1 Å². The molecular weight excluding hydrogens is 332 g/mol. The number of carbonyl (C=O) groups is 1. The van der Waals surface area contributed by atoms with E-state index in [1.807, 2.05) is 24.3 Å². The summed E-state index contributed by atoms with van der Waals surface area (Å²) in [5.74, 6) is 0.542. The first-order valence-electron chi connectivity index (χ1n) is 8.48. The van der Waals surface area contributed by atoms with Gasteiger partial charge in [0.2, 0.25) is 0 Å². The Balaban J connectivity index is 1.86. The molecule has 0 aliphatic heterocycles. The Labute approximate surface area is 153 Å². The minimum absolute atomic E-state index is 0.0334. The monoisotopic (exact) mass is 356 g/mol. The summed E-state index contributed by atoms with van der Waals surface area (Å²) in [6.45, 7) is 5.85. The first-order valence-corrected chi connectivity index (χ1v) is 8.48. The summed E-state index contributed by atoms with van der Waals surface area (Å²) in [5.41, 5.74) is 4.63. The van der Waals surface area contributed by atoms with Crippen molar-refractivity contribution in [2.75, 3.05) is 6.61 Å². The SMILES string of the molecule is CC[C@H](C)c1ccc(OCC(=O)N/N=C/c2c(C)cc(O)cc2O)cc1. The maximum atomic E-state index is 11.8. The van der Waals surface area contributed by atoms with Crippen LogP contribution in [0.3, 0.4) is 0 Å². The maximum absolute atomic E-state index is 11.8. The lowest BCUT2D eigenvalue weighted by Crippen LogP contribution is -2.24. The van der Waals surface area contributed by atoms with E-state index < -0.39 is 5.91 Å². The summed E-state index contributed by atoms with van der Waals surface area (Å²) in [4.78, 5) is 11.8. The molecule has 26 heavy (non-hydrogen) atoms. The van der Waals surface area contributed by atoms with E-state index in [4.69, 9.17) is 4.74 Å². The quantitative estimate of drug-likeness (QED) is 0.523. The Morgan fingerprint density at radius 1 is 1.27 bits per heavy atom. The Bertz CT molecular complexity index is 762. The van der Waals surface area contributed by atoms with Crippen LogP contribution in [-0.2, 0) is 4.79 Å².